The molecule has 266 valence electrons. The van der Waals surface area contributed by atoms with Crippen molar-refractivity contribution < 1.29 is 37.9 Å². The summed E-state index contributed by atoms with van der Waals surface area (Å²) in [7, 11) is -4.74. The maximum absolute atomic E-state index is 12.3. The summed E-state index contributed by atoms with van der Waals surface area (Å²) < 4.78 is 26.3. The third kappa shape index (κ3) is 35.5. The molecule has 0 saturated heterocycles. The minimum atomic E-state index is -4.74. The van der Waals surface area contributed by atoms with E-state index in [9.17, 15) is 14.2 Å². The minimum absolute atomic E-state index is 0.206. The Kier molecular flexibility index (Phi) is 31.8. The molecule has 8 nitrogen and oxygen atoms in total. The van der Waals surface area contributed by atoms with Crippen LogP contribution >= 0.6 is 7.82 Å². The van der Waals surface area contributed by atoms with Crippen LogP contribution in [0.4, 0.5) is 0 Å². The third-order valence-corrected chi connectivity index (χ3v) is 8.52. The van der Waals surface area contributed by atoms with Crippen LogP contribution in [0.15, 0.2) is 12.2 Å². The Morgan fingerprint density at radius 3 is 1.36 bits per heavy atom. The number of hydrogen-bond donors (Lipinski definition) is 2. The van der Waals surface area contributed by atoms with Crippen LogP contribution in [0.25, 0.3) is 0 Å². The monoisotopic (exact) mass is 660 g/mol. The Labute approximate surface area is 276 Å². The van der Waals surface area contributed by atoms with Crippen LogP contribution in [0.1, 0.15) is 187 Å². The molecule has 9 heteroatoms. The van der Waals surface area contributed by atoms with Crippen molar-refractivity contribution in [3.63, 3.8) is 0 Å². The zero-order valence-corrected chi connectivity index (χ0v) is 29.9. The highest BCUT2D eigenvalue weighted by Gasteiger charge is 2.22. The predicted molar refractivity (Wildman–Crippen MR) is 184 cm³/mol. The van der Waals surface area contributed by atoms with E-state index in [0.29, 0.717) is 6.42 Å². The summed E-state index contributed by atoms with van der Waals surface area (Å²) in [5.74, 6) is -0.888. The van der Waals surface area contributed by atoms with E-state index in [0.717, 1.165) is 51.4 Å². The lowest BCUT2D eigenvalue weighted by Gasteiger charge is -2.18. The molecule has 0 bridgehead atoms. The molecule has 0 spiro atoms. The highest BCUT2D eigenvalue weighted by Crippen LogP contribution is 2.36. The van der Waals surface area contributed by atoms with E-state index in [1.807, 2.05) is 0 Å². The number of carbonyl (C=O) groups excluding carboxylic acids is 2. The van der Waals surface area contributed by atoms with Crippen molar-refractivity contribution in [1.82, 2.24) is 0 Å². The Morgan fingerprint density at radius 2 is 0.933 bits per heavy atom. The van der Waals surface area contributed by atoms with E-state index < -0.39 is 32.5 Å². The van der Waals surface area contributed by atoms with Crippen molar-refractivity contribution >= 4 is 19.8 Å². The Balaban J connectivity index is 3.97. The molecule has 45 heavy (non-hydrogen) atoms. The van der Waals surface area contributed by atoms with Gasteiger partial charge in [-0.15, -0.1) is 0 Å². The molecule has 1 atom stereocenters. The summed E-state index contributed by atoms with van der Waals surface area (Å²) in [5, 5.41) is 0. The molecule has 0 aromatic rings. The van der Waals surface area contributed by atoms with Gasteiger partial charge in [-0.05, 0) is 38.5 Å². The van der Waals surface area contributed by atoms with Crippen molar-refractivity contribution in [2.24, 2.45) is 0 Å². The molecule has 0 radical (unpaired) electrons. The van der Waals surface area contributed by atoms with Crippen LogP contribution in [0.2, 0.25) is 0 Å². The summed E-state index contributed by atoms with van der Waals surface area (Å²) in [6, 6.07) is 0. The van der Waals surface area contributed by atoms with Crippen LogP contribution < -0.4 is 0 Å². The van der Waals surface area contributed by atoms with E-state index in [4.69, 9.17) is 19.3 Å². The average molecular weight is 661 g/mol. The zero-order chi connectivity index (χ0) is 33.3. The standard InChI is InChI=1S/C36H69O8P/c1-3-5-7-9-11-13-15-17-19-21-23-25-27-29-31-36(38)44-34(33-43-45(39,40)41)32-42-35(37)30-28-26-24-22-20-18-16-14-12-10-8-6-4-2/h15,17,34H,3-14,16,18-33H2,1-2H3,(H2,39,40,41)/b17-15+/t34-/m1/s1. The summed E-state index contributed by atoms with van der Waals surface area (Å²) in [6.45, 7) is 3.66. The Hall–Kier alpha value is -1.21. The van der Waals surface area contributed by atoms with Crippen molar-refractivity contribution in [3.8, 4) is 0 Å². The van der Waals surface area contributed by atoms with Gasteiger partial charge in [0.05, 0.1) is 6.61 Å². The highest BCUT2D eigenvalue weighted by atomic mass is 31.2. The van der Waals surface area contributed by atoms with Crippen molar-refractivity contribution in [1.29, 1.82) is 0 Å². The molecule has 0 heterocycles. The van der Waals surface area contributed by atoms with Crippen LogP contribution in [0.5, 0.6) is 0 Å². The van der Waals surface area contributed by atoms with E-state index in [-0.39, 0.29) is 19.4 Å². The highest BCUT2D eigenvalue weighted by molar-refractivity contribution is 7.46. The van der Waals surface area contributed by atoms with Gasteiger partial charge < -0.3 is 19.3 Å². The van der Waals surface area contributed by atoms with E-state index in [1.54, 1.807) is 0 Å². The van der Waals surface area contributed by atoms with Gasteiger partial charge in [0.25, 0.3) is 0 Å². The molecule has 0 aliphatic rings. The molecule has 0 unspecified atom stereocenters. The SMILES string of the molecule is CCCCCCC/C=C/CCCCCCCC(=O)O[C@H](COC(=O)CCCCCCCCCCCCCCC)COP(=O)(O)O. The number of phosphoric ester groups is 1. The Bertz CT molecular complexity index is 751. The van der Waals surface area contributed by atoms with Gasteiger partial charge in [-0.3, -0.25) is 14.1 Å². The lowest BCUT2D eigenvalue weighted by atomic mass is 10.0. The molecule has 0 fully saturated rings. The number of phosphoric acid groups is 1. The van der Waals surface area contributed by atoms with E-state index >= 15 is 0 Å². The first-order valence-corrected chi connectivity index (χ1v) is 20.0. The van der Waals surface area contributed by atoms with Crippen LogP contribution in [0, 0.1) is 0 Å². The smallest absolute Gasteiger partial charge is 0.462 e. The van der Waals surface area contributed by atoms with Crippen LogP contribution in [0.3, 0.4) is 0 Å². The summed E-state index contributed by atoms with van der Waals surface area (Å²) in [6.07, 6.45) is 33.6. The van der Waals surface area contributed by atoms with Crippen molar-refractivity contribution in [2.45, 2.75) is 193 Å². The molecule has 0 rings (SSSR count). The van der Waals surface area contributed by atoms with Gasteiger partial charge in [-0.25, -0.2) is 4.57 Å². The van der Waals surface area contributed by atoms with Gasteiger partial charge in [0.15, 0.2) is 6.10 Å². The van der Waals surface area contributed by atoms with Gasteiger partial charge in [0, 0.05) is 12.8 Å². The second kappa shape index (κ2) is 32.7. The van der Waals surface area contributed by atoms with Crippen molar-refractivity contribution in [3.05, 3.63) is 12.2 Å². The fourth-order valence-corrected chi connectivity index (χ4v) is 5.61. The number of hydrogen-bond acceptors (Lipinski definition) is 6. The maximum atomic E-state index is 12.3. The first-order chi connectivity index (χ1) is 21.8. The second-order valence-electron chi connectivity index (χ2n) is 12.6. The first kappa shape index (κ1) is 43.8. The van der Waals surface area contributed by atoms with Gasteiger partial charge in [-0.1, -0.05) is 148 Å². The number of ether oxygens (including phenoxy) is 2. The number of esters is 2. The normalized spacial score (nSPS) is 12.5. The molecule has 0 aliphatic heterocycles. The lowest BCUT2D eigenvalue weighted by Crippen LogP contribution is -2.29. The number of unbranched alkanes of at least 4 members (excludes halogenated alkanes) is 22. The average Bonchev–Trinajstić information content (AvgIpc) is 3.00. The van der Waals surface area contributed by atoms with E-state index in [2.05, 4.69) is 30.5 Å². The number of carbonyl (C=O) groups is 2. The summed E-state index contributed by atoms with van der Waals surface area (Å²) in [5.41, 5.74) is 0. The third-order valence-electron chi connectivity index (χ3n) is 8.03. The lowest BCUT2D eigenvalue weighted by molar-refractivity contribution is -0.161. The second-order valence-corrected chi connectivity index (χ2v) is 13.8. The van der Waals surface area contributed by atoms with E-state index in [1.165, 1.54) is 103 Å². The molecule has 0 aromatic carbocycles. The molecule has 2 N–H and O–H groups in total. The molecule has 0 saturated carbocycles. The molecule has 0 aromatic heterocycles. The van der Waals surface area contributed by atoms with Gasteiger partial charge in [0.2, 0.25) is 0 Å². The summed E-state index contributed by atoms with van der Waals surface area (Å²) in [4.78, 5) is 42.6. The largest absolute Gasteiger partial charge is 0.469 e. The molecular weight excluding hydrogens is 591 g/mol. The van der Waals surface area contributed by atoms with Crippen LogP contribution in [-0.4, -0.2) is 41.0 Å². The fourth-order valence-electron chi connectivity index (χ4n) is 5.25. The molecule has 0 aliphatic carbocycles. The fraction of sp³-hybridized carbons (Fsp3) is 0.889. The van der Waals surface area contributed by atoms with Gasteiger partial charge in [0.1, 0.15) is 6.61 Å². The molecular formula is C36H69O8P. The topological polar surface area (TPSA) is 119 Å². The first-order valence-electron chi connectivity index (χ1n) is 18.5. The number of rotatable bonds is 34. The molecule has 0 amide bonds. The maximum Gasteiger partial charge on any atom is 0.469 e. The van der Waals surface area contributed by atoms with Crippen molar-refractivity contribution in [2.75, 3.05) is 13.2 Å². The van der Waals surface area contributed by atoms with Gasteiger partial charge >= 0.3 is 19.8 Å². The Morgan fingerprint density at radius 1 is 0.556 bits per heavy atom. The minimum Gasteiger partial charge on any atom is -0.462 e. The predicted octanol–water partition coefficient (Wildman–Crippen LogP) is 10.7. The summed E-state index contributed by atoms with van der Waals surface area (Å²) >= 11 is 0. The van der Waals surface area contributed by atoms with Crippen LogP contribution in [-0.2, 0) is 28.2 Å². The zero-order valence-electron chi connectivity index (χ0n) is 29.0. The number of allylic oxidation sites excluding steroid dienone is 2. The van der Waals surface area contributed by atoms with Gasteiger partial charge in [-0.2, -0.15) is 0 Å². The quantitative estimate of drug-likeness (QED) is 0.0303.